The average molecular weight is 434 g/mol. The third-order valence-electron chi connectivity index (χ3n) is 4.18. The van der Waals surface area contributed by atoms with Gasteiger partial charge in [0, 0.05) is 41.3 Å². The molecule has 0 atom stereocenters. The molecule has 29 heavy (non-hydrogen) atoms. The van der Waals surface area contributed by atoms with Gasteiger partial charge in [-0.2, -0.15) is 0 Å². The fourth-order valence-corrected chi connectivity index (χ4v) is 3.36. The second kappa shape index (κ2) is 9.26. The van der Waals surface area contributed by atoms with E-state index in [1.54, 1.807) is 36.5 Å². The number of anilines is 1. The Morgan fingerprint density at radius 2 is 1.93 bits per heavy atom. The van der Waals surface area contributed by atoms with E-state index in [0.717, 1.165) is 12.1 Å². The number of likely N-dealkylation sites (N-methyl/N-ethyl adjacent to an activating group) is 1. The largest absolute Gasteiger partial charge is 0.504 e. The minimum Gasteiger partial charge on any atom is -0.504 e. The van der Waals surface area contributed by atoms with Crippen LogP contribution in [0, 0.1) is 0 Å². The van der Waals surface area contributed by atoms with Crippen LogP contribution in [0.15, 0.2) is 36.5 Å². The van der Waals surface area contributed by atoms with Gasteiger partial charge in [-0.15, -0.1) is 0 Å². The molecular weight excluding hydrogens is 413 g/mol. The van der Waals surface area contributed by atoms with Crippen LogP contribution in [0.2, 0.25) is 10.0 Å². The van der Waals surface area contributed by atoms with E-state index in [1.807, 2.05) is 19.0 Å². The summed E-state index contributed by atoms with van der Waals surface area (Å²) in [7, 11) is 3.93. The third kappa shape index (κ3) is 5.26. The molecule has 0 saturated carbocycles. The van der Waals surface area contributed by atoms with Gasteiger partial charge in [0.15, 0.2) is 11.4 Å². The summed E-state index contributed by atoms with van der Waals surface area (Å²) in [5.74, 6) is -0.300. The van der Waals surface area contributed by atoms with Crippen LogP contribution in [-0.4, -0.2) is 53.1 Å². The summed E-state index contributed by atoms with van der Waals surface area (Å²) in [4.78, 5) is 23.3. The van der Waals surface area contributed by atoms with Crippen LogP contribution >= 0.6 is 23.2 Å². The molecule has 0 aliphatic heterocycles. The highest BCUT2D eigenvalue weighted by Gasteiger charge is 2.20. The topological polar surface area (TPSA) is 90.4 Å². The molecule has 1 amide bonds. The molecule has 7 nitrogen and oxygen atoms in total. The van der Waals surface area contributed by atoms with Crippen molar-refractivity contribution in [3.63, 3.8) is 0 Å². The van der Waals surface area contributed by atoms with Gasteiger partial charge in [0.2, 0.25) is 0 Å². The van der Waals surface area contributed by atoms with Crippen molar-refractivity contribution in [2.24, 2.45) is 0 Å². The number of hydrogen-bond acceptors (Lipinski definition) is 6. The standard InChI is InChI=1S/C20H21Cl2N5O2/c1-27(2)7-6-24-19-15-4-3-5-23-16(15)18(28)17(26-19)20(29)25-11-12-8-13(21)10-14(22)9-12/h3-5,8-10,28H,6-7,11H2,1-2H3,(H,24,26)(H,25,29). The van der Waals surface area contributed by atoms with Gasteiger partial charge in [-0.05, 0) is 50.0 Å². The summed E-state index contributed by atoms with van der Waals surface area (Å²) in [5, 5.41) is 18.1. The minimum absolute atomic E-state index is 0.100. The lowest BCUT2D eigenvalue weighted by atomic mass is 10.2. The summed E-state index contributed by atoms with van der Waals surface area (Å²) < 4.78 is 0. The number of aromatic hydroxyl groups is 1. The van der Waals surface area contributed by atoms with Gasteiger partial charge in [-0.3, -0.25) is 9.78 Å². The van der Waals surface area contributed by atoms with Crippen LogP contribution in [0.1, 0.15) is 16.1 Å². The smallest absolute Gasteiger partial charge is 0.274 e. The molecule has 0 aliphatic rings. The van der Waals surface area contributed by atoms with Crippen molar-refractivity contribution in [3.05, 3.63) is 57.8 Å². The maximum absolute atomic E-state index is 12.7. The molecule has 2 heterocycles. The number of hydrogen-bond donors (Lipinski definition) is 3. The lowest BCUT2D eigenvalue weighted by Gasteiger charge is -2.15. The van der Waals surface area contributed by atoms with Crippen molar-refractivity contribution < 1.29 is 9.90 Å². The first-order valence-corrected chi connectivity index (χ1v) is 9.70. The summed E-state index contributed by atoms with van der Waals surface area (Å²) >= 11 is 12.0. The molecule has 0 bridgehead atoms. The number of amides is 1. The molecule has 3 rings (SSSR count). The van der Waals surface area contributed by atoms with Gasteiger partial charge in [0.05, 0.1) is 0 Å². The number of rotatable bonds is 7. The van der Waals surface area contributed by atoms with Gasteiger partial charge in [0.1, 0.15) is 11.3 Å². The van der Waals surface area contributed by atoms with E-state index >= 15 is 0 Å². The van der Waals surface area contributed by atoms with Crippen molar-refractivity contribution in [2.45, 2.75) is 6.54 Å². The van der Waals surface area contributed by atoms with E-state index in [0.29, 0.717) is 33.3 Å². The first-order chi connectivity index (χ1) is 13.8. The van der Waals surface area contributed by atoms with E-state index in [1.165, 1.54) is 0 Å². The molecule has 1 aromatic carbocycles. The highest BCUT2D eigenvalue weighted by molar-refractivity contribution is 6.34. The predicted octanol–water partition coefficient (Wildman–Crippen LogP) is 3.55. The Morgan fingerprint density at radius 1 is 1.21 bits per heavy atom. The summed E-state index contributed by atoms with van der Waals surface area (Å²) in [6.07, 6.45) is 1.56. The lowest BCUT2D eigenvalue weighted by molar-refractivity contribution is 0.0943. The van der Waals surface area contributed by atoms with E-state index in [9.17, 15) is 9.90 Å². The third-order valence-corrected chi connectivity index (χ3v) is 4.61. The zero-order valence-electron chi connectivity index (χ0n) is 16.0. The molecule has 0 saturated heterocycles. The first kappa shape index (κ1) is 21.1. The predicted molar refractivity (Wildman–Crippen MR) is 116 cm³/mol. The number of fused-ring (bicyclic) bond motifs is 1. The van der Waals surface area contributed by atoms with Gasteiger partial charge in [-0.25, -0.2) is 4.98 Å². The minimum atomic E-state index is -0.526. The number of carbonyl (C=O) groups excluding carboxylic acids is 1. The van der Waals surface area contributed by atoms with Crippen molar-refractivity contribution in [1.29, 1.82) is 0 Å². The number of benzene rings is 1. The zero-order valence-corrected chi connectivity index (χ0v) is 17.6. The van der Waals surface area contributed by atoms with Crippen LogP contribution in [0.4, 0.5) is 5.82 Å². The van der Waals surface area contributed by atoms with Crippen LogP contribution < -0.4 is 10.6 Å². The van der Waals surface area contributed by atoms with Crippen LogP contribution in [0.25, 0.3) is 10.9 Å². The second-order valence-electron chi connectivity index (χ2n) is 6.75. The number of aromatic nitrogens is 2. The normalized spacial score (nSPS) is 11.1. The van der Waals surface area contributed by atoms with Crippen molar-refractivity contribution in [2.75, 3.05) is 32.5 Å². The molecular formula is C20H21Cl2N5O2. The fourth-order valence-electron chi connectivity index (χ4n) is 2.79. The quantitative estimate of drug-likeness (QED) is 0.527. The molecule has 0 unspecified atom stereocenters. The maximum atomic E-state index is 12.7. The van der Waals surface area contributed by atoms with Crippen molar-refractivity contribution >= 4 is 45.8 Å². The number of halogens is 2. The van der Waals surface area contributed by atoms with E-state index in [-0.39, 0.29) is 18.0 Å². The van der Waals surface area contributed by atoms with Gasteiger partial charge >= 0.3 is 0 Å². The second-order valence-corrected chi connectivity index (χ2v) is 7.62. The Hall–Kier alpha value is -2.61. The van der Waals surface area contributed by atoms with E-state index in [4.69, 9.17) is 23.2 Å². The van der Waals surface area contributed by atoms with E-state index < -0.39 is 5.91 Å². The van der Waals surface area contributed by atoms with Crippen molar-refractivity contribution in [3.8, 4) is 5.75 Å². The molecule has 0 spiro atoms. The lowest BCUT2D eigenvalue weighted by Crippen LogP contribution is -2.25. The SMILES string of the molecule is CN(C)CCNc1nc(C(=O)NCc2cc(Cl)cc(Cl)c2)c(O)c2ncccc12. The van der Waals surface area contributed by atoms with Crippen LogP contribution in [-0.2, 0) is 6.54 Å². The molecule has 9 heteroatoms. The molecule has 0 radical (unpaired) electrons. The Labute approximate surface area is 178 Å². The van der Waals surface area contributed by atoms with Crippen molar-refractivity contribution in [1.82, 2.24) is 20.2 Å². The molecule has 3 aromatic rings. The highest BCUT2D eigenvalue weighted by Crippen LogP contribution is 2.30. The Bertz CT molecular complexity index is 1020. The van der Waals surface area contributed by atoms with Gasteiger partial charge in [0.25, 0.3) is 5.91 Å². The summed E-state index contributed by atoms with van der Waals surface area (Å²) in [6.45, 7) is 1.59. The Kier molecular flexibility index (Phi) is 6.74. The number of carbonyl (C=O) groups is 1. The van der Waals surface area contributed by atoms with Gasteiger partial charge in [-0.1, -0.05) is 23.2 Å². The highest BCUT2D eigenvalue weighted by atomic mass is 35.5. The number of nitrogens with one attached hydrogen (secondary N) is 2. The summed E-state index contributed by atoms with van der Waals surface area (Å²) in [5.41, 5.74) is 0.945. The molecule has 2 aromatic heterocycles. The van der Waals surface area contributed by atoms with E-state index in [2.05, 4.69) is 20.6 Å². The Balaban J connectivity index is 1.87. The number of pyridine rings is 2. The summed E-state index contributed by atoms with van der Waals surface area (Å²) in [6, 6.07) is 8.57. The molecule has 3 N–H and O–H groups in total. The fraction of sp³-hybridized carbons (Fsp3) is 0.250. The number of nitrogens with zero attached hydrogens (tertiary/aromatic N) is 3. The maximum Gasteiger partial charge on any atom is 0.274 e. The monoisotopic (exact) mass is 433 g/mol. The molecule has 0 aliphatic carbocycles. The molecule has 0 fully saturated rings. The Morgan fingerprint density at radius 3 is 2.62 bits per heavy atom. The average Bonchev–Trinajstić information content (AvgIpc) is 2.67. The van der Waals surface area contributed by atoms with Gasteiger partial charge < -0.3 is 20.6 Å². The van der Waals surface area contributed by atoms with Crippen LogP contribution in [0.3, 0.4) is 0 Å². The van der Waals surface area contributed by atoms with Crippen LogP contribution in [0.5, 0.6) is 5.75 Å². The molecule has 152 valence electrons. The first-order valence-electron chi connectivity index (χ1n) is 8.94. The zero-order chi connectivity index (χ0) is 21.0.